The van der Waals surface area contributed by atoms with Crippen LogP contribution in [0.15, 0.2) is 30.0 Å². The molecule has 7 heteroatoms. The van der Waals surface area contributed by atoms with E-state index >= 15 is 0 Å². The summed E-state index contributed by atoms with van der Waals surface area (Å²) < 4.78 is 0. The van der Waals surface area contributed by atoms with Gasteiger partial charge in [0.1, 0.15) is 11.6 Å². The number of carbonyl (C=O) groups excluding carboxylic acids is 2. The van der Waals surface area contributed by atoms with Gasteiger partial charge in [0.15, 0.2) is 0 Å². The molecule has 6 nitrogen and oxygen atoms in total. The summed E-state index contributed by atoms with van der Waals surface area (Å²) >= 11 is 5.91. The van der Waals surface area contributed by atoms with Crippen LogP contribution in [0.25, 0.3) is 0 Å². The number of nitrogens with zero attached hydrogens (tertiary/aromatic N) is 1. The number of rotatable bonds is 4. The minimum Gasteiger partial charge on any atom is -0.331 e. The van der Waals surface area contributed by atoms with Crippen molar-refractivity contribution >= 4 is 29.1 Å². The Morgan fingerprint density at radius 3 is 2.75 bits per heavy atom. The second-order valence-electron chi connectivity index (χ2n) is 5.62. The number of nitriles is 1. The van der Waals surface area contributed by atoms with Crippen molar-refractivity contribution in [3.05, 3.63) is 40.6 Å². The molecule has 1 fully saturated rings. The lowest BCUT2D eigenvalue weighted by Gasteiger charge is -2.20. The molecule has 0 atom stereocenters. The molecule has 0 spiro atoms. The second-order valence-corrected chi connectivity index (χ2v) is 6.05. The molecule has 0 saturated carbocycles. The summed E-state index contributed by atoms with van der Waals surface area (Å²) in [6.45, 7) is 3.41. The van der Waals surface area contributed by atoms with Crippen molar-refractivity contribution < 1.29 is 9.59 Å². The van der Waals surface area contributed by atoms with Gasteiger partial charge in [-0.15, -0.1) is 0 Å². The Bertz CT molecular complexity index is 703. The topological polar surface area (TPSA) is 94.0 Å². The van der Waals surface area contributed by atoms with Gasteiger partial charge in [0.2, 0.25) is 5.91 Å². The minimum atomic E-state index is -0.589. The Kier molecular flexibility index (Phi) is 6.36. The molecular formula is C17H19ClN4O2. The number of hydrogen-bond donors (Lipinski definition) is 3. The van der Waals surface area contributed by atoms with E-state index < -0.39 is 5.91 Å². The molecule has 2 amide bonds. The number of aryl methyl sites for hydroxylation is 1. The number of anilines is 1. The highest BCUT2D eigenvalue weighted by atomic mass is 35.5. The Morgan fingerprint density at radius 2 is 2.08 bits per heavy atom. The highest BCUT2D eigenvalue weighted by Gasteiger charge is 2.20. The van der Waals surface area contributed by atoms with Gasteiger partial charge in [-0.05, 0) is 50.6 Å². The summed E-state index contributed by atoms with van der Waals surface area (Å²) in [7, 11) is 0. The first kappa shape index (κ1) is 18.0. The van der Waals surface area contributed by atoms with Crippen LogP contribution in [-0.2, 0) is 9.59 Å². The Morgan fingerprint density at radius 1 is 1.38 bits per heavy atom. The highest BCUT2D eigenvalue weighted by Crippen LogP contribution is 2.20. The Balaban J connectivity index is 2.01. The number of nitrogens with one attached hydrogen (secondary N) is 3. The first-order chi connectivity index (χ1) is 11.5. The van der Waals surface area contributed by atoms with Crippen molar-refractivity contribution in [1.29, 1.82) is 5.26 Å². The first-order valence-corrected chi connectivity index (χ1v) is 8.08. The van der Waals surface area contributed by atoms with Crippen molar-refractivity contribution in [2.24, 2.45) is 5.92 Å². The lowest BCUT2D eigenvalue weighted by Crippen LogP contribution is -2.36. The van der Waals surface area contributed by atoms with Crippen LogP contribution in [0, 0.1) is 24.2 Å². The normalized spacial score (nSPS) is 15.5. The largest absolute Gasteiger partial charge is 0.331 e. The molecule has 1 aromatic rings. The fourth-order valence-corrected chi connectivity index (χ4v) is 2.58. The van der Waals surface area contributed by atoms with Crippen molar-refractivity contribution in [3.8, 4) is 6.07 Å². The van der Waals surface area contributed by atoms with Gasteiger partial charge in [-0.25, -0.2) is 0 Å². The highest BCUT2D eigenvalue weighted by molar-refractivity contribution is 6.31. The third kappa shape index (κ3) is 4.82. The fraction of sp³-hybridized carbons (Fsp3) is 0.353. The van der Waals surface area contributed by atoms with E-state index in [0.717, 1.165) is 31.5 Å². The summed E-state index contributed by atoms with van der Waals surface area (Å²) in [5, 5.41) is 18.0. The Labute approximate surface area is 145 Å². The molecule has 126 valence electrons. The molecule has 24 heavy (non-hydrogen) atoms. The van der Waals surface area contributed by atoms with Gasteiger partial charge in [0.05, 0.1) is 0 Å². The van der Waals surface area contributed by atoms with Gasteiger partial charge in [0, 0.05) is 22.8 Å². The van der Waals surface area contributed by atoms with Gasteiger partial charge < -0.3 is 16.0 Å². The van der Waals surface area contributed by atoms with E-state index in [4.69, 9.17) is 16.9 Å². The molecule has 0 bridgehead atoms. The van der Waals surface area contributed by atoms with Gasteiger partial charge >= 0.3 is 0 Å². The molecule has 1 aliphatic rings. The number of piperidine rings is 1. The maximum Gasteiger partial charge on any atom is 0.267 e. The summed E-state index contributed by atoms with van der Waals surface area (Å²) in [4.78, 5) is 24.2. The van der Waals surface area contributed by atoms with E-state index in [2.05, 4.69) is 16.0 Å². The molecule has 0 aliphatic carbocycles. The van der Waals surface area contributed by atoms with Gasteiger partial charge in [0.25, 0.3) is 5.91 Å². The van der Waals surface area contributed by atoms with E-state index in [1.54, 1.807) is 24.3 Å². The van der Waals surface area contributed by atoms with Crippen LogP contribution in [0.5, 0.6) is 0 Å². The van der Waals surface area contributed by atoms with E-state index in [-0.39, 0.29) is 17.4 Å². The van der Waals surface area contributed by atoms with Crippen molar-refractivity contribution in [2.75, 3.05) is 18.4 Å². The molecule has 2 rings (SSSR count). The van der Waals surface area contributed by atoms with Crippen LogP contribution >= 0.6 is 11.6 Å². The summed E-state index contributed by atoms with van der Waals surface area (Å²) in [5.74, 6) is -0.856. The van der Waals surface area contributed by atoms with E-state index in [1.807, 2.05) is 6.92 Å². The zero-order valence-electron chi connectivity index (χ0n) is 13.4. The van der Waals surface area contributed by atoms with Crippen molar-refractivity contribution in [1.82, 2.24) is 10.6 Å². The Hall–Kier alpha value is -2.36. The van der Waals surface area contributed by atoms with Crippen molar-refractivity contribution in [2.45, 2.75) is 19.8 Å². The SMILES string of the molecule is Cc1ccc(Cl)cc1NC(=O)/C(C#N)=C\NC(=O)C1CCNCC1. The number of halogens is 1. The maximum absolute atomic E-state index is 12.2. The monoisotopic (exact) mass is 346 g/mol. The molecular weight excluding hydrogens is 328 g/mol. The molecule has 1 saturated heterocycles. The van der Waals surface area contributed by atoms with Gasteiger partial charge in [-0.3, -0.25) is 9.59 Å². The minimum absolute atomic E-state index is 0.0966. The lowest BCUT2D eigenvalue weighted by atomic mass is 9.97. The van der Waals surface area contributed by atoms with Crippen molar-refractivity contribution in [3.63, 3.8) is 0 Å². The smallest absolute Gasteiger partial charge is 0.267 e. The third-order valence-electron chi connectivity index (χ3n) is 3.88. The molecule has 0 radical (unpaired) electrons. The molecule has 3 N–H and O–H groups in total. The van der Waals surface area contributed by atoms with Crippen LogP contribution in [0.3, 0.4) is 0 Å². The summed E-state index contributed by atoms with van der Waals surface area (Å²) in [6.07, 6.45) is 2.66. The molecule has 0 unspecified atom stereocenters. The standard InChI is InChI=1S/C17H19ClN4O2/c1-11-2-3-14(18)8-15(11)22-17(24)13(9-19)10-21-16(23)12-4-6-20-7-5-12/h2-3,8,10,12,20H,4-7H2,1H3,(H,21,23)(H,22,24)/b13-10-. The van der Waals surface area contributed by atoms with E-state index in [9.17, 15) is 9.59 Å². The quantitative estimate of drug-likeness (QED) is 0.575. The summed E-state index contributed by atoms with van der Waals surface area (Å²) in [6, 6.07) is 6.90. The molecule has 1 aromatic carbocycles. The van der Waals surface area contributed by atoms with Crippen LogP contribution in [0.1, 0.15) is 18.4 Å². The maximum atomic E-state index is 12.2. The zero-order valence-corrected chi connectivity index (χ0v) is 14.1. The zero-order chi connectivity index (χ0) is 17.5. The fourth-order valence-electron chi connectivity index (χ4n) is 2.41. The van der Waals surface area contributed by atoms with Gasteiger partial charge in [-0.1, -0.05) is 17.7 Å². The molecule has 0 aromatic heterocycles. The second kappa shape index (κ2) is 8.48. The van der Waals surface area contributed by atoms with Crippen LogP contribution in [0.4, 0.5) is 5.69 Å². The number of benzene rings is 1. The van der Waals surface area contributed by atoms with Crippen LogP contribution < -0.4 is 16.0 Å². The lowest BCUT2D eigenvalue weighted by molar-refractivity contribution is -0.124. The van der Waals surface area contributed by atoms with Crippen LogP contribution in [-0.4, -0.2) is 24.9 Å². The van der Waals surface area contributed by atoms with E-state index in [1.165, 1.54) is 6.20 Å². The molecule has 1 heterocycles. The number of amides is 2. The van der Waals surface area contributed by atoms with E-state index in [0.29, 0.717) is 10.7 Å². The average molecular weight is 347 g/mol. The average Bonchev–Trinajstić information content (AvgIpc) is 2.59. The van der Waals surface area contributed by atoms with Crippen LogP contribution in [0.2, 0.25) is 5.02 Å². The predicted molar refractivity (Wildman–Crippen MR) is 92.3 cm³/mol. The van der Waals surface area contributed by atoms with Gasteiger partial charge in [-0.2, -0.15) is 5.26 Å². The number of carbonyl (C=O) groups is 2. The first-order valence-electron chi connectivity index (χ1n) is 7.70. The predicted octanol–water partition coefficient (Wildman–Crippen LogP) is 2.11. The molecule has 1 aliphatic heterocycles. The summed E-state index contributed by atoms with van der Waals surface area (Å²) in [5.41, 5.74) is 1.18. The number of hydrogen-bond acceptors (Lipinski definition) is 4. The third-order valence-corrected chi connectivity index (χ3v) is 4.12.